The molecule has 0 aromatic heterocycles. The summed E-state index contributed by atoms with van der Waals surface area (Å²) in [5.74, 6) is 0.473. The van der Waals surface area contributed by atoms with Gasteiger partial charge in [0, 0.05) is 19.6 Å². The van der Waals surface area contributed by atoms with Gasteiger partial charge in [-0.2, -0.15) is 0 Å². The monoisotopic (exact) mass is 426 g/mol. The summed E-state index contributed by atoms with van der Waals surface area (Å²) >= 11 is 0. The van der Waals surface area contributed by atoms with Gasteiger partial charge >= 0.3 is 6.09 Å². The number of rotatable bonds is 6. The molecule has 0 saturated carbocycles. The molecule has 1 aliphatic heterocycles. The molecule has 0 bridgehead atoms. The molecule has 0 radical (unpaired) electrons. The van der Waals surface area contributed by atoms with E-state index in [9.17, 15) is 4.79 Å². The number of likely N-dealkylation sites (tertiary alicyclic amines) is 1. The van der Waals surface area contributed by atoms with Gasteiger partial charge in [-0.15, -0.1) is 24.0 Å². The number of aliphatic imine (C=N–C) groups is 1. The molecule has 6 nitrogen and oxygen atoms in total. The van der Waals surface area contributed by atoms with Crippen LogP contribution in [-0.2, 0) is 4.74 Å². The number of nitrogens with one attached hydrogen (secondary N) is 1. The predicted molar refractivity (Wildman–Crippen MR) is 101 cm³/mol. The van der Waals surface area contributed by atoms with E-state index in [1.54, 1.807) is 4.90 Å². The fourth-order valence-corrected chi connectivity index (χ4v) is 2.04. The standard InChI is InChI=1S/C15H30N4O2.HI/c1-5-6-7-8-9-17-13(16)18-12-10-19(11-12)14(20)21-15(2,3)4;/h12H,5-11H2,1-4H3,(H3,16,17,18);1H. The molecule has 0 atom stereocenters. The van der Waals surface area contributed by atoms with Gasteiger partial charge in [0.2, 0.25) is 0 Å². The Bertz CT molecular complexity index is 363. The third kappa shape index (κ3) is 8.65. The van der Waals surface area contributed by atoms with Gasteiger partial charge in [0.25, 0.3) is 0 Å². The van der Waals surface area contributed by atoms with Crippen molar-refractivity contribution in [2.45, 2.75) is 65.0 Å². The Morgan fingerprint density at radius 1 is 1.32 bits per heavy atom. The third-order valence-corrected chi connectivity index (χ3v) is 3.18. The minimum atomic E-state index is -0.450. The highest BCUT2D eigenvalue weighted by Gasteiger charge is 2.33. The number of hydrogen-bond acceptors (Lipinski definition) is 3. The SMILES string of the molecule is CCCCCCN=C(N)NC1CN(C(=O)OC(C)(C)C)C1.I. The molecule has 1 rings (SSSR count). The lowest BCUT2D eigenvalue weighted by molar-refractivity contribution is 0.00706. The lowest BCUT2D eigenvalue weighted by atomic mass is 10.1. The number of ether oxygens (including phenoxy) is 1. The first-order valence-electron chi connectivity index (χ1n) is 7.86. The van der Waals surface area contributed by atoms with E-state index < -0.39 is 5.60 Å². The van der Waals surface area contributed by atoms with Crippen molar-refractivity contribution in [2.24, 2.45) is 10.7 Å². The smallest absolute Gasteiger partial charge is 0.410 e. The lowest BCUT2D eigenvalue weighted by Gasteiger charge is -2.40. The van der Waals surface area contributed by atoms with Crippen LogP contribution in [0, 0.1) is 0 Å². The summed E-state index contributed by atoms with van der Waals surface area (Å²) in [4.78, 5) is 17.7. The molecule has 1 amide bonds. The maximum atomic E-state index is 11.8. The fourth-order valence-electron chi connectivity index (χ4n) is 2.04. The van der Waals surface area contributed by atoms with E-state index in [-0.39, 0.29) is 36.1 Å². The molecular formula is C15H31IN4O2. The van der Waals surface area contributed by atoms with E-state index in [1.807, 2.05) is 20.8 Å². The Morgan fingerprint density at radius 2 is 1.95 bits per heavy atom. The molecule has 0 unspecified atom stereocenters. The van der Waals surface area contributed by atoms with Crippen molar-refractivity contribution in [3.05, 3.63) is 0 Å². The van der Waals surface area contributed by atoms with Crippen molar-refractivity contribution in [3.8, 4) is 0 Å². The summed E-state index contributed by atoms with van der Waals surface area (Å²) in [7, 11) is 0. The van der Waals surface area contributed by atoms with Gasteiger partial charge in [0.1, 0.15) is 5.60 Å². The molecule has 1 saturated heterocycles. The minimum absolute atomic E-state index is 0. The summed E-state index contributed by atoms with van der Waals surface area (Å²) in [5.41, 5.74) is 5.38. The van der Waals surface area contributed by atoms with Gasteiger partial charge in [-0.3, -0.25) is 4.99 Å². The summed E-state index contributed by atoms with van der Waals surface area (Å²) in [6.07, 6.45) is 4.47. The van der Waals surface area contributed by atoms with Crippen molar-refractivity contribution in [1.82, 2.24) is 10.2 Å². The highest BCUT2D eigenvalue weighted by molar-refractivity contribution is 14.0. The Kier molecular flexibility index (Phi) is 9.79. The lowest BCUT2D eigenvalue weighted by Crippen LogP contribution is -2.62. The highest BCUT2D eigenvalue weighted by Crippen LogP contribution is 2.14. The number of guanidine groups is 1. The summed E-state index contributed by atoms with van der Waals surface area (Å²) < 4.78 is 5.30. The van der Waals surface area contributed by atoms with Crippen LogP contribution < -0.4 is 11.1 Å². The fraction of sp³-hybridized carbons (Fsp3) is 0.867. The molecule has 0 spiro atoms. The van der Waals surface area contributed by atoms with Crippen LogP contribution in [0.1, 0.15) is 53.4 Å². The zero-order chi connectivity index (χ0) is 15.9. The molecule has 1 fully saturated rings. The number of nitrogens with zero attached hydrogens (tertiary/aromatic N) is 2. The van der Waals surface area contributed by atoms with E-state index >= 15 is 0 Å². The molecule has 0 aromatic carbocycles. The summed E-state index contributed by atoms with van der Waals surface area (Å²) in [6, 6.07) is 0.178. The third-order valence-electron chi connectivity index (χ3n) is 3.18. The van der Waals surface area contributed by atoms with Crippen molar-refractivity contribution in [2.75, 3.05) is 19.6 Å². The van der Waals surface area contributed by atoms with Crippen LogP contribution in [0.2, 0.25) is 0 Å². The molecule has 3 N–H and O–H groups in total. The molecule has 1 heterocycles. The minimum Gasteiger partial charge on any atom is -0.444 e. The quantitative estimate of drug-likeness (QED) is 0.296. The van der Waals surface area contributed by atoms with E-state index in [4.69, 9.17) is 10.5 Å². The molecule has 1 aliphatic rings. The van der Waals surface area contributed by atoms with Gasteiger partial charge in [0.15, 0.2) is 5.96 Å². The summed E-state index contributed by atoms with van der Waals surface area (Å²) in [6.45, 7) is 9.77. The maximum absolute atomic E-state index is 11.8. The molecule has 7 heteroatoms. The number of unbranched alkanes of at least 4 members (excludes halogenated alkanes) is 3. The van der Waals surface area contributed by atoms with Crippen LogP contribution in [-0.4, -0.2) is 48.2 Å². The Hall–Kier alpha value is -0.730. The predicted octanol–water partition coefficient (Wildman–Crippen LogP) is 2.71. The van der Waals surface area contributed by atoms with Gasteiger partial charge in [0.05, 0.1) is 6.04 Å². The molecule has 0 aliphatic carbocycles. The van der Waals surface area contributed by atoms with Crippen LogP contribution in [0.5, 0.6) is 0 Å². The molecule has 130 valence electrons. The normalized spacial score (nSPS) is 15.8. The number of hydrogen-bond donors (Lipinski definition) is 2. The van der Waals surface area contributed by atoms with E-state index in [0.29, 0.717) is 19.0 Å². The van der Waals surface area contributed by atoms with E-state index in [2.05, 4.69) is 17.2 Å². The second kappa shape index (κ2) is 10.1. The van der Waals surface area contributed by atoms with Crippen molar-refractivity contribution < 1.29 is 9.53 Å². The number of amides is 1. The zero-order valence-corrected chi connectivity index (χ0v) is 16.6. The van der Waals surface area contributed by atoms with Crippen LogP contribution in [0.3, 0.4) is 0 Å². The number of halogens is 1. The largest absolute Gasteiger partial charge is 0.444 e. The Balaban J connectivity index is 0.00000441. The average Bonchev–Trinajstić information content (AvgIpc) is 2.30. The first-order chi connectivity index (χ1) is 9.81. The average molecular weight is 426 g/mol. The van der Waals surface area contributed by atoms with Crippen LogP contribution in [0.4, 0.5) is 4.79 Å². The van der Waals surface area contributed by atoms with Gasteiger partial charge in [-0.25, -0.2) is 4.79 Å². The zero-order valence-electron chi connectivity index (χ0n) is 14.2. The van der Waals surface area contributed by atoms with Crippen molar-refractivity contribution in [1.29, 1.82) is 0 Å². The second-order valence-corrected chi connectivity index (χ2v) is 6.55. The van der Waals surface area contributed by atoms with Crippen LogP contribution in [0.15, 0.2) is 4.99 Å². The first kappa shape index (κ1) is 21.3. The maximum Gasteiger partial charge on any atom is 0.410 e. The molecular weight excluding hydrogens is 395 g/mol. The van der Waals surface area contributed by atoms with Gasteiger partial charge in [-0.1, -0.05) is 26.2 Å². The van der Waals surface area contributed by atoms with Crippen molar-refractivity contribution in [3.63, 3.8) is 0 Å². The van der Waals surface area contributed by atoms with E-state index in [1.165, 1.54) is 19.3 Å². The van der Waals surface area contributed by atoms with Crippen molar-refractivity contribution >= 4 is 36.0 Å². The molecule has 22 heavy (non-hydrogen) atoms. The Morgan fingerprint density at radius 3 is 2.50 bits per heavy atom. The molecule has 0 aromatic rings. The topological polar surface area (TPSA) is 80.0 Å². The van der Waals surface area contributed by atoms with Crippen LogP contribution in [0.25, 0.3) is 0 Å². The Labute approximate surface area is 151 Å². The highest BCUT2D eigenvalue weighted by atomic mass is 127. The first-order valence-corrected chi connectivity index (χ1v) is 7.86. The second-order valence-electron chi connectivity index (χ2n) is 6.55. The van der Waals surface area contributed by atoms with Gasteiger partial charge in [-0.05, 0) is 27.2 Å². The summed E-state index contributed by atoms with van der Waals surface area (Å²) in [5, 5.41) is 3.13. The van der Waals surface area contributed by atoms with Gasteiger partial charge < -0.3 is 20.7 Å². The van der Waals surface area contributed by atoms with Crippen LogP contribution >= 0.6 is 24.0 Å². The number of carbonyl (C=O) groups excluding carboxylic acids is 1. The number of carbonyl (C=O) groups is 1. The van der Waals surface area contributed by atoms with E-state index in [0.717, 1.165) is 13.0 Å². The number of nitrogens with two attached hydrogens (primary N) is 1.